The van der Waals surface area contributed by atoms with Gasteiger partial charge < -0.3 is 15.0 Å². The number of rotatable bonds is 10. The summed E-state index contributed by atoms with van der Waals surface area (Å²) in [7, 11) is 5.46. The molecule has 0 spiro atoms. The van der Waals surface area contributed by atoms with Crippen LogP contribution in [0.15, 0.2) is 52.4 Å². The lowest BCUT2D eigenvalue weighted by Gasteiger charge is -2.20. The maximum atomic E-state index is 12.5. The molecule has 0 bridgehead atoms. The van der Waals surface area contributed by atoms with E-state index >= 15 is 0 Å². The molecule has 1 heterocycles. The van der Waals surface area contributed by atoms with E-state index in [1.54, 1.807) is 18.1 Å². The molecule has 0 unspecified atom stereocenters. The number of hydrogen-bond acceptors (Lipinski definition) is 6. The topological polar surface area (TPSA) is 57.2 Å². The van der Waals surface area contributed by atoms with Crippen molar-refractivity contribution in [2.45, 2.75) is 17.7 Å². The molecule has 1 aliphatic heterocycles. The van der Waals surface area contributed by atoms with Crippen molar-refractivity contribution in [3.8, 4) is 5.75 Å². The van der Waals surface area contributed by atoms with E-state index in [4.69, 9.17) is 16.3 Å². The highest BCUT2D eigenvalue weighted by Gasteiger charge is 2.13. The maximum absolute atomic E-state index is 12.5. The number of carbonyl (C=O) groups excluding carboxylic acids is 1. The predicted molar refractivity (Wildman–Crippen MR) is 128 cm³/mol. The largest absolute Gasteiger partial charge is 0.496 e. The van der Waals surface area contributed by atoms with Gasteiger partial charge in [0.2, 0.25) is 5.91 Å². The fourth-order valence-corrected chi connectivity index (χ4v) is 4.40. The first kappa shape index (κ1) is 23.4. The van der Waals surface area contributed by atoms with Crippen LogP contribution in [0.2, 0.25) is 5.02 Å². The van der Waals surface area contributed by atoms with Crippen molar-refractivity contribution in [1.82, 2.24) is 14.5 Å². The van der Waals surface area contributed by atoms with Crippen molar-refractivity contribution in [3.05, 3.63) is 58.6 Å². The van der Waals surface area contributed by atoms with Crippen molar-refractivity contribution in [2.24, 2.45) is 4.99 Å². The van der Waals surface area contributed by atoms with E-state index in [-0.39, 0.29) is 5.91 Å². The summed E-state index contributed by atoms with van der Waals surface area (Å²) >= 11 is 7.62. The summed E-state index contributed by atoms with van der Waals surface area (Å²) < 4.78 is 7.41. The summed E-state index contributed by atoms with van der Waals surface area (Å²) in [6, 6.07) is 13.9. The number of ether oxygens (including phenoxy) is 1. The summed E-state index contributed by atoms with van der Waals surface area (Å²) in [5, 5.41) is 3.94. The molecule has 166 valence electrons. The smallest absolute Gasteiger partial charge is 0.223 e. The van der Waals surface area contributed by atoms with Crippen molar-refractivity contribution in [3.63, 3.8) is 0 Å². The number of carbonyl (C=O) groups is 1. The number of nitrogens with one attached hydrogen (secondary N) is 1. The number of amides is 1. The van der Waals surface area contributed by atoms with Crippen LogP contribution in [0.1, 0.15) is 17.5 Å². The molecule has 1 amide bonds. The Labute approximate surface area is 193 Å². The second-order valence-electron chi connectivity index (χ2n) is 7.41. The van der Waals surface area contributed by atoms with Gasteiger partial charge in [-0.3, -0.25) is 9.79 Å². The number of amidine groups is 1. The van der Waals surface area contributed by atoms with Crippen LogP contribution >= 0.6 is 23.5 Å². The molecule has 1 N–H and O–H groups in total. The minimum Gasteiger partial charge on any atom is -0.496 e. The third-order valence-electron chi connectivity index (χ3n) is 5.08. The van der Waals surface area contributed by atoms with Gasteiger partial charge in [0.05, 0.1) is 18.6 Å². The first-order valence-electron chi connectivity index (χ1n) is 10.3. The van der Waals surface area contributed by atoms with Gasteiger partial charge >= 0.3 is 0 Å². The van der Waals surface area contributed by atoms with Gasteiger partial charge in [-0.1, -0.05) is 35.9 Å². The highest BCUT2D eigenvalue weighted by Crippen LogP contribution is 2.33. The highest BCUT2D eigenvalue weighted by molar-refractivity contribution is 7.97. The van der Waals surface area contributed by atoms with Crippen molar-refractivity contribution in [1.29, 1.82) is 0 Å². The SMILES string of the molecule is COc1ccc(Cl)cc1SN(C)CCC(=O)N(C)CCc1ccc(C2=NCCN2)cc1. The normalized spacial score (nSPS) is 13.1. The van der Waals surface area contributed by atoms with Gasteiger partial charge in [-0.25, -0.2) is 4.31 Å². The van der Waals surface area contributed by atoms with E-state index in [1.807, 2.05) is 30.5 Å². The molecule has 31 heavy (non-hydrogen) atoms. The van der Waals surface area contributed by atoms with Crippen LogP contribution in [-0.4, -0.2) is 68.3 Å². The fourth-order valence-electron chi connectivity index (χ4n) is 3.22. The monoisotopic (exact) mass is 460 g/mol. The van der Waals surface area contributed by atoms with Crippen LogP contribution in [0.25, 0.3) is 0 Å². The van der Waals surface area contributed by atoms with E-state index in [1.165, 1.54) is 17.5 Å². The Bertz CT molecular complexity index is 920. The molecular weight excluding hydrogens is 432 g/mol. The molecule has 0 fully saturated rings. The number of aliphatic imine (C=N–C) groups is 1. The van der Waals surface area contributed by atoms with Gasteiger partial charge in [0.1, 0.15) is 11.6 Å². The first-order chi connectivity index (χ1) is 15.0. The van der Waals surface area contributed by atoms with E-state index in [0.29, 0.717) is 24.5 Å². The zero-order valence-electron chi connectivity index (χ0n) is 18.2. The summed E-state index contributed by atoms with van der Waals surface area (Å²) in [5.74, 6) is 1.87. The summed E-state index contributed by atoms with van der Waals surface area (Å²) in [4.78, 5) is 19.7. The molecule has 0 radical (unpaired) electrons. The minimum absolute atomic E-state index is 0.131. The van der Waals surface area contributed by atoms with Crippen LogP contribution < -0.4 is 10.1 Å². The number of methoxy groups -OCH3 is 1. The second kappa shape index (κ2) is 11.4. The Hall–Kier alpha value is -2.22. The van der Waals surface area contributed by atoms with Crippen LogP contribution in [0.5, 0.6) is 5.75 Å². The van der Waals surface area contributed by atoms with Gasteiger partial charge in [0.25, 0.3) is 0 Å². The van der Waals surface area contributed by atoms with Gasteiger partial charge in [0.15, 0.2) is 0 Å². The highest BCUT2D eigenvalue weighted by atomic mass is 35.5. The molecule has 3 rings (SSSR count). The molecule has 0 aromatic heterocycles. The van der Waals surface area contributed by atoms with Gasteiger partial charge in [-0.05, 0) is 49.2 Å². The second-order valence-corrected chi connectivity index (χ2v) is 9.09. The van der Waals surface area contributed by atoms with E-state index in [9.17, 15) is 4.79 Å². The molecule has 2 aromatic rings. The quantitative estimate of drug-likeness (QED) is 0.547. The maximum Gasteiger partial charge on any atom is 0.223 e. The molecule has 1 aliphatic rings. The summed E-state index contributed by atoms with van der Waals surface area (Å²) in [6.07, 6.45) is 1.28. The van der Waals surface area contributed by atoms with E-state index in [0.717, 1.165) is 41.6 Å². The first-order valence-corrected chi connectivity index (χ1v) is 11.5. The number of likely N-dealkylation sites (N-methyl/N-ethyl adjacent to an activating group) is 1. The van der Waals surface area contributed by atoms with Gasteiger partial charge in [-0.2, -0.15) is 0 Å². The summed E-state index contributed by atoms with van der Waals surface area (Å²) in [6.45, 7) is 3.07. The number of hydrogen-bond donors (Lipinski definition) is 1. The van der Waals surface area contributed by atoms with Crippen LogP contribution in [0.3, 0.4) is 0 Å². The standard InChI is InChI=1S/C23H29ClN4O2S/c1-27(14-10-17-4-6-18(7-5-17)23-25-12-13-26-23)22(29)11-15-28(2)31-21-16-19(24)8-9-20(21)30-3/h4-9,16H,10-15H2,1-3H3,(H,25,26). The molecule has 0 saturated heterocycles. The van der Waals surface area contributed by atoms with Crippen molar-refractivity contribution < 1.29 is 9.53 Å². The van der Waals surface area contributed by atoms with Crippen LogP contribution in [0, 0.1) is 0 Å². The minimum atomic E-state index is 0.131. The Morgan fingerprint density at radius 1 is 1.19 bits per heavy atom. The Kier molecular flexibility index (Phi) is 8.63. The fraction of sp³-hybridized carbons (Fsp3) is 0.391. The Morgan fingerprint density at radius 3 is 2.65 bits per heavy atom. The number of nitrogens with zero attached hydrogens (tertiary/aromatic N) is 3. The van der Waals surface area contributed by atoms with Crippen molar-refractivity contribution >= 4 is 35.3 Å². The van der Waals surface area contributed by atoms with Crippen LogP contribution in [0.4, 0.5) is 0 Å². The zero-order chi connectivity index (χ0) is 22.2. The molecule has 8 heteroatoms. The van der Waals surface area contributed by atoms with Gasteiger partial charge in [-0.15, -0.1) is 0 Å². The molecule has 0 saturated carbocycles. The molecule has 6 nitrogen and oxygen atoms in total. The molecule has 2 aromatic carbocycles. The Morgan fingerprint density at radius 2 is 1.97 bits per heavy atom. The summed E-state index contributed by atoms with van der Waals surface area (Å²) in [5.41, 5.74) is 2.32. The lowest BCUT2D eigenvalue weighted by atomic mass is 10.1. The average Bonchev–Trinajstić information content (AvgIpc) is 3.31. The number of benzene rings is 2. The van der Waals surface area contributed by atoms with Crippen molar-refractivity contribution in [2.75, 3.05) is 47.4 Å². The average molecular weight is 461 g/mol. The predicted octanol–water partition coefficient (Wildman–Crippen LogP) is 3.73. The molecule has 0 aliphatic carbocycles. The molecular formula is C23H29ClN4O2S. The zero-order valence-corrected chi connectivity index (χ0v) is 19.8. The van der Waals surface area contributed by atoms with Crippen LogP contribution in [-0.2, 0) is 11.2 Å². The van der Waals surface area contributed by atoms with Gasteiger partial charge in [0, 0.05) is 43.7 Å². The lowest BCUT2D eigenvalue weighted by molar-refractivity contribution is -0.129. The number of halogens is 1. The van der Waals surface area contributed by atoms with E-state index in [2.05, 4.69) is 34.6 Å². The Balaban J connectivity index is 1.42. The lowest BCUT2D eigenvalue weighted by Crippen LogP contribution is -2.31. The third kappa shape index (κ3) is 6.89. The van der Waals surface area contributed by atoms with E-state index < -0.39 is 0 Å². The third-order valence-corrected chi connectivity index (χ3v) is 6.33. The molecule has 0 atom stereocenters.